The van der Waals surface area contributed by atoms with E-state index in [-0.39, 0.29) is 24.3 Å². The van der Waals surface area contributed by atoms with Crippen molar-refractivity contribution in [2.45, 2.75) is 32.4 Å². The average Bonchev–Trinajstić information content (AvgIpc) is 2.60. The number of nitrogens with two attached hydrogens (primary N) is 1. The van der Waals surface area contributed by atoms with E-state index in [1.807, 2.05) is 60.7 Å². The molecule has 5 heteroatoms. The van der Waals surface area contributed by atoms with Crippen LogP contribution >= 0.6 is 0 Å². The molecule has 0 heterocycles. The third-order valence-corrected chi connectivity index (χ3v) is 4.05. The van der Waals surface area contributed by atoms with Crippen molar-refractivity contribution in [1.82, 2.24) is 10.6 Å². The number of urea groups is 1. The van der Waals surface area contributed by atoms with Crippen LogP contribution in [-0.2, 0) is 4.79 Å². The van der Waals surface area contributed by atoms with E-state index in [0.29, 0.717) is 0 Å². The predicted octanol–water partition coefficient (Wildman–Crippen LogP) is 3.30. The van der Waals surface area contributed by atoms with Crippen LogP contribution in [0.1, 0.15) is 43.5 Å². The average molecular weight is 339 g/mol. The Morgan fingerprint density at radius 3 is 1.88 bits per heavy atom. The highest BCUT2D eigenvalue weighted by Crippen LogP contribution is 2.23. The van der Waals surface area contributed by atoms with Crippen molar-refractivity contribution in [3.05, 3.63) is 71.8 Å². The molecule has 2 unspecified atom stereocenters. The van der Waals surface area contributed by atoms with Gasteiger partial charge in [0.2, 0.25) is 5.91 Å². The molecule has 0 aliphatic heterocycles. The molecule has 0 aliphatic carbocycles. The fraction of sp³-hybridized carbons (Fsp3) is 0.300. The lowest BCUT2D eigenvalue weighted by atomic mass is 9.95. The number of amides is 3. The second-order valence-corrected chi connectivity index (χ2v) is 6.38. The van der Waals surface area contributed by atoms with Gasteiger partial charge in [-0.2, -0.15) is 0 Å². The van der Waals surface area contributed by atoms with Crippen LogP contribution in [0.4, 0.5) is 4.79 Å². The molecule has 0 aromatic heterocycles. The van der Waals surface area contributed by atoms with E-state index in [2.05, 4.69) is 24.5 Å². The lowest BCUT2D eigenvalue weighted by Gasteiger charge is -2.25. The molecule has 0 spiro atoms. The first-order valence-electron chi connectivity index (χ1n) is 8.42. The van der Waals surface area contributed by atoms with Crippen LogP contribution in [0.25, 0.3) is 0 Å². The molecule has 2 aromatic rings. The molecular weight excluding hydrogens is 314 g/mol. The standard InChI is InChI=1S/C20H25N3O2/c1-14(2)19(16-11-7-4-8-12-16)23-18(24)13-17(22-20(21)25)15-9-5-3-6-10-15/h3-12,14,17,19H,13H2,1-2H3,(H,23,24)(H3,21,22,25). The molecule has 25 heavy (non-hydrogen) atoms. The molecule has 0 aliphatic rings. The molecule has 2 rings (SSSR count). The van der Waals surface area contributed by atoms with Crippen LogP contribution < -0.4 is 16.4 Å². The molecular formula is C20H25N3O2. The van der Waals surface area contributed by atoms with Crippen molar-refractivity contribution < 1.29 is 9.59 Å². The molecule has 0 radical (unpaired) electrons. The van der Waals surface area contributed by atoms with E-state index < -0.39 is 12.1 Å². The molecule has 3 amide bonds. The van der Waals surface area contributed by atoms with Gasteiger partial charge in [-0.1, -0.05) is 74.5 Å². The fourth-order valence-corrected chi connectivity index (χ4v) is 2.82. The van der Waals surface area contributed by atoms with Gasteiger partial charge in [-0.25, -0.2) is 4.79 Å². The highest BCUT2D eigenvalue weighted by atomic mass is 16.2. The van der Waals surface area contributed by atoms with E-state index >= 15 is 0 Å². The molecule has 0 fully saturated rings. The Morgan fingerprint density at radius 2 is 1.40 bits per heavy atom. The van der Waals surface area contributed by atoms with E-state index in [1.165, 1.54) is 0 Å². The molecule has 2 atom stereocenters. The summed E-state index contributed by atoms with van der Waals surface area (Å²) in [6.45, 7) is 4.13. The number of carbonyl (C=O) groups is 2. The molecule has 0 bridgehead atoms. The van der Waals surface area contributed by atoms with Gasteiger partial charge in [0.05, 0.1) is 18.5 Å². The van der Waals surface area contributed by atoms with Gasteiger partial charge in [0.15, 0.2) is 0 Å². The number of carbonyl (C=O) groups excluding carboxylic acids is 2. The zero-order valence-electron chi connectivity index (χ0n) is 14.6. The summed E-state index contributed by atoms with van der Waals surface area (Å²) in [6.07, 6.45) is 0.128. The summed E-state index contributed by atoms with van der Waals surface area (Å²) in [5, 5.41) is 5.72. The van der Waals surface area contributed by atoms with Crippen molar-refractivity contribution in [2.75, 3.05) is 0 Å². The first kappa shape index (κ1) is 18.5. The van der Waals surface area contributed by atoms with Gasteiger partial charge >= 0.3 is 6.03 Å². The van der Waals surface area contributed by atoms with Crippen LogP contribution in [0.5, 0.6) is 0 Å². The molecule has 0 saturated carbocycles. The second kappa shape index (κ2) is 8.87. The number of nitrogens with one attached hydrogen (secondary N) is 2. The Bertz CT molecular complexity index is 687. The number of hydrogen-bond acceptors (Lipinski definition) is 2. The monoisotopic (exact) mass is 339 g/mol. The summed E-state index contributed by atoms with van der Waals surface area (Å²) in [5.41, 5.74) is 7.17. The Kier molecular flexibility index (Phi) is 6.57. The molecule has 4 N–H and O–H groups in total. The maximum atomic E-state index is 12.6. The van der Waals surface area contributed by atoms with Crippen LogP contribution in [0.15, 0.2) is 60.7 Å². The van der Waals surface area contributed by atoms with Gasteiger partial charge in [-0.15, -0.1) is 0 Å². The van der Waals surface area contributed by atoms with Gasteiger partial charge in [0.1, 0.15) is 0 Å². The van der Waals surface area contributed by atoms with Crippen LogP contribution in [-0.4, -0.2) is 11.9 Å². The van der Waals surface area contributed by atoms with E-state index in [0.717, 1.165) is 11.1 Å². The first-order chi connectivity index (χ1) is 12.0. The molecule has 0 saturated heterocycles. The molecule has 132 valence electrons. The Morgan fingerprint density at radius 1 is 0.880 bits per heavy atom. The minimum atomic E-state index is -0.648. The van der Waals surface area contributed by atoms with Crippen molar-refractivity contribution in [3.8, 4) is 0 Å². The zero-order valence-corrected chi connectivity index (χ0v) is 14.6. The third-order valence-electron chi connectivity index (χ3n) is 4.05. The third kappa shape index (κ3) is 5.64. The summed E-state index contributed by atoms with van der Waals surface area (Å²) in [4.78, 5) is 23.9. The quantitative estimate of drug-likeness (QED) is 0.723. The summed E-state index contributed by atoms with van der Waals surface area (Å²) >= 11 is 0. The Labute approximate surface area is 148 Å². The highest BCUT2D eigenvalue weighted by Gasteiger charge is 2.22. The first-order valence-corrected chi connectivity index (χ1v) is 8.42. The lowest BCUT2D eigenvalue weighted by molar-refractivity contribution is -0.122. The Hall–Kier alpha value is -2.82. The maximum Gasteiger partial charge on any atom is 0.312 e. The van der Waals surface area contributed by atoms with Crippen LogP contribution in [0, 0.1) is 5.92 Å². The zero-order chi connectivity index (χ0) is 18.2. The number of rotatable bonds is 7. The van der Waals surface area contributed by atoms with Gasteiger partial charge in [-0.05, 0) is 17.0 Å². The van der Waals surface area contributed by atoms with E-state index in [4.69, 9.17) is 5.73 Å². The molecule has 2 aromatic carbocycles. The lowest BCUT2D eigenvalue weighted by Crippen LogP contribution is -2.38. The van der Waals surface area contributed by atoms with Gasteiger partial charge < -0.3 is 16.4 Å². The predicted molar refractivity (Wildman–Crippen MR) is 98.7 cm³/mol. The van der Waals surface area contributed by atoms with E-state index in [1.54, 1.807) is 0 Å². The van der Waals surface area contributed by atoms with Crippen molar-refractivity contribution in [3.63, 3.8) is 0 Å². The van der Waals surface area contributed by atoms with Crippen molar-refractivity contribution in [1.29, 1.82) is 0 Å². The molecule has 5 nitrogen and oxygen atoms in total. The summed E-state index contributed by atoms with van der Waals surface area (Å²) in [6, 6.07) is 18.0. The largest absolute Gasteiger partial charge is 0.352 e. The SMILES string of the molecule is CC(C)C(NC(=O)CC(NC(N)=O)c1ccccc1)c1ccccc1. The van der Waals surface area contributed by atoms with Gasteiger partial charge in [0, 0.05) is 0 Å². The smallest absolute Gasteiger partial charge is 0.312 e. The number of benzene rings is 2. The minimum absolute atomic E-state index is 0.0845. The number of primary amides is 1. The van der Waals surface area contributed by atoms with Gasteiger partial charge in [-0.3, -0.25) is 4.79 Å². The fourth-order valence-electron chi connectivity index (χ4n) is 2.82. The maximum absolute atomic E-state index is 12.6. The summed E-state index contributed by atoms with van der Waals surface area (Å²) in [5.74, 6) is 0.107. The summed E-state index contributed by atoms with van der Waals surface area (Å²) < 4.78 is 0. The Balaban J connectivity index is 2.10. The van der Waals surface area contributed by atoms with Crippen molar-refractivity contribution >= 4 is 11.9 Å². The van der Waals surface area contributed by atoms with E-state index in [9.17, 15) is 9.59 Å². The second-order valence-electron chi connectivity index (χ2n) is 6.38. The summed E-state index contributed by atoms with van der Waals surface area (Å²) in [7, 11) is 0. The van der Waals surface area contributed by atoms with Crippen LogP contribution in [0.3, 0.4) is 0 Å². The van der Waals surface area contributed by atoms with Crippen molar-refractivity contribution in [2.24, 2.45) is 11.7 Å². The van der Waals surface area contributed by atoms with Gasteiger partial charge in [0.25, 0.3) is 0 Å². The van der Waals surface area contributed by atoms with Crippen LogP contribution in [0.2, 0.25) is 0 Å². The topological polar surface area (TPSA) is 84.2 Å². The highest BCUT2D eigenvalue weighted by molar-refractivity contribution is 5.79. The normalized spacial score (nSPS) is 13.1. The minimum Gasteiger partial charge on any atom is -0.352 e. The number of hydrogen-bond donors (Lipinski definition) is 3.